The molecule has 1 saturated carbocycles. The first kappa shape index (κ1) is 14.6. The molecule has 2 atom stereocenters. The number of fused-ring (bicyclic) bond motifs is 4. The standard InChI is InChI=1S/C18H24F2N2/c19-16-5-4-15(18(20)7-16)11-21-8-14-3-6-17(12-21)22(10-14)9-13-1-2-13/h4-5,7,13-14,17H,1-3,6,8-12H2/t14-,17+/m0/s1. The van der Waals surface area contributed by atoms with Crippen LogP contribution in [0.3, 0.4) is 0 Å². The SMILES string of the molecule is Fc1ccc(CN2C[C@@H]3CC[C@H](C2)N(CC2CC2)C3)c(F)c1. The Bertz CT molecular complexity index is 544. The van der Waals surface area contributed by atoms with Gasteiger partial charge in [0, 0.05) is 50.4 Å². The van der Waals surface area contributed by atoms with E-state index < -0.39 is 11.6 Å². The lowest BCUT2D eigenvalue weighted by Crippen LogP contribution is -2.44. The summed E-state index contributed by atoms with van der Waals surface area (Å²) in [5, 5.41) is 0. The maximum Gasteiger partial charge on any atom is 0.130 e. The largest absolute Gasteiger partial charge is 0.299 e. The molecule has 22 heavy (non-hydrogen) atoms. The fourth-order valence-electron chi connectivity index (χ4n) is 4.15. The van der Waals surface area contributed by atoms with Crippen LogP contribution >= 0.6 is 0 Å². The predicted octanol–water partition coefficient (Wildman–Crippen LogP) is 3.27. The molecule has 2 bridgehead atoms. The zero-order chi connectivity index (χ0) is 15.1. The van der Waals surface area contributed by atoms with Crippen LogP contribution < -0.4 is 0 Å². The molecule has 4 fully saturated rings. The molecule has 120 valence electrons. The van der Waals surface area contributed by atoms with Crippen molar-refractivity contribution in [3.63, 3.8) is 0 Å². The van der Waals surface area contributed by atoms with Crippen molar-refractivity contribution in [1.29, 1.82) is 0 Å². The number of piperidine rings is 1. The van der Waals surface area contributed by atoms with E-state index >= 15 is 0 Å². The van der Waals surface area contributed by atoms with Gasteiger partial charge in [-0.05, 0) is 43.6 Å². The third-order valence-electron chi connectivity index (χ3n) is 5.50. The average molecular weight is 306 g/mol. The van der Waals surface area contributed by atoms with Crippen molar-refractivity contribution in [3.8, 4) is 0 Å². The molecule has 1 aromatic carbocycles. The second-order valence-electron chi connectivity index (χ2n) is 7.42. The highest BCUT2D eigenvalue weighted by atomic mass is 19.1. The number of hydrogen-bond donors (Lipinski definition) is 0. The molecule has 0 aromatic heterocycles. The highest BCUT2D eigenvalue weighted by molar-refractivity contribution is 5.18. The van der Waals surface area contributed by atoms with E-state index in [-0.39, 0.29) is 0 Å². The van der Waals surface area contributed by atoms with E-state index in [1.54, 1.807) is 6.07 Å². The lowest BCUT2D eigenvalue weighted by Gasteiger charge is -2.36. The van der Waals surface area contributed by atoms with Crippen molar-refractivity contribution in [3.05, 3.63) is 35.4 Å². The number of halogens is 2. The van der Waals surface area contributed by atoms with Crippen LogP contribution in [0.4, 0.5) is 8.78 Å². The van der Waals surface area contributed by atoms with Crippen LogP contribution in [0.25, 0.3) is 0 Å². The van der Waals surface area contributed by atoms with E-state index in [2.05, 4.69) is 9.80 Å². The molecule has 4 aliphatic rings. The fraction of sp³-hybridized carbons (Fsp3) is 0.667. The maximum absolute atomic E-state index is 13.9. The van der Waals surface area contributed by atoms with E-state index in [4.69, 9.17) is 0 Å². The van der Waals surface area contributed by atoms with Gasteiger partial charge < -0.3 is 0 Å². The summed E-state index contributed by atoms with van der Waals surface area (Å²) < 4.78 is 26.9. The van der Waals surface area contributed by atoms with Gasteiger partial charge in [0.05, 0.1) is 0 Å². The molecule has 0 spiro atoms. The number of nitrogens with zero attached hydrogens (tertiary/aromatic N) is 2. The molecule has 0 amide bonds. The molecule has 3 heterocycles. The molecule has 0 radical (unpaired) electrons. The highest BCUT2D eigenvalue weighted by Gasteiger charge is 2.37. The Morgan fingerprint density at radius 2 is 1.86 bits per heavy atom. The van der Waals surface area contributed by atoms with Crippen LogP contribution in [0.15, 0.2) is 18.2 Å². The summed E-state index contributed by atoms with van der Waals surface area (Å²) >= 11 is 0. The van der Waals surface area contributed by atoms with E-state index in [9.17, 15) is 8.78 Å². The topological polar surface area (TPSA) is 6.48 Å². The van der Waals surface area contributed by atoms with Crippen molar-refractivity contribution in [2.75, 3.05) is 26.2 Å². The second-order valence-corrected chi connectivity index (χ2v) is 7.42. The first-order chi connectivity index (χ1) is 10.7. The van der Waals surface area contributed by atoms with Crippen molar-refractivity contribution < 1.29 is 8.78 Å². The minimum Gasteiger partial charge on any atom is -0.299 e. The molecule has 5 rings (SSSR count). The van der Waals surface area contributed by atoms with Gasteiger partial charge in [0.1, 0.15) is 11.6 Å². The molecule has 3 saturated heterocycles. The summed E-state index contributed by atoms with van der Waals surface area (Å²) in [6, 6.07) is 4.59. The van der Waals surface area contributed by atoms with Gasteiger partial charge >= 0.3 is 0 Å². The van der Waals surface area contributed by atoms with Crippen molar-refractivity contribution in [1.82, 2.24) is 9.80 Å². The molecule has 1 aliphatic carbocycles. The van der Waals surface area contributed by atoms with Crippen molar-refractivity contribution in [2.24, 2.45) is 11.8 Å². The lowest BCUT2D eigenvalue weighted by molar-refractivity contribution is 0.125. The normalized spacial score (nSPS) is 29.7. The summed E-state index contributed by atoms with van der Waals surface area (Å²) in [6.45, 7) is 5.16. The Labute approximate surface area is 131 Å². The first-order valence-electron chi connectivity index (χ1n) is 8.57. The highest BCUT2D eigenvalue weighted by Crippen LogP contribution is 2.35. The number of benzene rings is 1. The van der Waals surface area contributed by atoms with Crippen molar-refractivity contribution >= 4 is 0 Å². The van der Waals surface area contributed by atoms with Crippen LogP contribution in [0.2, 0.25) is 0 Å². The van der Waals surface area contributed by atoms with Crippen LogP contribution in [0.5, 0.6) is 0 Å². The summed E-state index contributed by atoms with van der Waals surface area (Å²) in [4.78, 5) is 5.07. The van der Waals surface area contributed by atoms with Crippen LogP contribution in [0, 0.1) is 23.5 Å². The zero-order valence-electron chi connectivity index (χ0n) is 13.0. The van der Waals surface area contributed by atoms with Gasteiger partial charge in [-0.1, -0.05) is 6.07 Å². The Morgan fingerprint density at radius 3 is 2.64 bits per heavy atom. The van der Waals surface area contributed by atoms with Gasteiger partial charge in [0.15, 0.2) is 0 Å². The molecule has 2 nitrogen and oxygen atoms in total. The molecule has 4 heteroatoms. The third-order valence-corrected chi connectivity index (χ3v) is 5.50. The molecule has 0 unspecified atom stereocenters. The Morgan fingerprint density at radius 1 is 1.00 bits per heavy atom. The Balaban J connectivity index is 1.44. The monoisotopic (exact) mass is 306 g/mol. The van der Waals surface area contributed by atoms with Gasteiger partial charge in [-0.15, -0.1) is 0 Å². The molecule has 3 aliphatic heterocycles. The Kier molecular flexibility index (Phi) is 3.91. The van der Waals surface area contributed by atoms with E-state index in [1.807, 2.05) is 0 Å². The smallest absolute Gasteiger partial charge is 0.130 e. The predicted molar refractivity (Wildman–Crippen MR) is 82.4 cm³/mol. The minimum atomic E-state index is -0.493. The van der Waals surface area contributed by atoms with Crippen molar-refractivity contribution in [2.45, 2.75) is 38.3 Å². The van der Waals surface area contributed by atoms with Gasteiger partial charge in [-0.25, -0.2) is 8.78 Å². The fourth-order valence-corrected chi connectivity index (χ4v) is 4.15. The third kappa shape index (κ3) is 3.18. The lowest BCUT2D eigenvalue weighted by atomic mass is 9.95. The minimum absolute atomic E-state index is 0.411. The first-order valence-corrected chi connectivity index (χ1v) is 8.57. The van der Waals surface area contributed by atoms with E-state index in [0.29, 0.717) is 24.1 Å². The second kappa shape index (κ2) is 5.89. The molecule has 1 aromatic rings. The summed E-state index contributed by atoms with van der Waals surface area (Å²) in [5.74, 6) is 0.738. The van der Waals surface area contributed by atoms with Crippen LogP contribution in [-0.2, 0) is 6.54 Å². The van der Waals surface area contributed by atoms with E-state index in [0.717, 1.165) is 25.1 Å². The van der Waals surface area contributed by atoms with Gasteiger partial charge in [-0.3, -0.25) is 9.80 Å². The number of hydrogen-bond acceptors (Lipinski definition) is 2. The number of rotatable bonds is 4. The van der Waals surface area contributed by atoms with Gasteiger partial charge in [0.2, 0.25) is 0 Å². The van der Waals surface area contributed by atoms with Gasteiger partial charge in [-0.2, -0.15) is 0 Å². The summed E-state index contributed by atoms with van der Waals surface area (Å²) in [5.41, 5.74) is 0.622. The summed E-state index contributed by atoms with van der Waals surface area (Å²) in [7, 11) is 0. The summed E-state index contributed by atoms with van der Waals surface area (Å²) in [6.07, 6.45) is 5.38. The molecular formula is C18H24F2N2. The average Bonchev–Trinajstić information content (AvgIpc) is 3.30. The zero-order valence-corrected chi connectivity index (χ0v) is 13.0. The Hall–Kier alpha value is -1.00. The molecule has 0 N–H and O–H groups in total. The van der Waals surface area contributed by atoms with Gasteiger partial charge in [0.25, 0.3) is 0 Å². The quantitative estimate of drug-likeness (QED) is 0.842. The van der Waals surface area contributed by atoms with Crippen LogP contribution in [-0.4, -0.2) is 42.0 Å². The van der Waals surface area contributed by atoms with Crippen LogP contribution in [0.1, 0.15) is 31.2 Å². The van der Waals surface area contributed by atoms with E-state index in [1.165, 1.54) is 44.8 Å². The maximum atomic E-state index is 13.9. The molecular weight excluding hydrogens is 282 g/mol.